The van der Waals surface area contributed by atoms with Gasteiger partial charge in [-0.1, -0.05) is 0 Å². The van der Waals surface area contributed by atoms with E-state index in [4.69, 9.17) is 10.5 Å². The Morgan fingerprint density at radius 2 is 2.14 bits per heavy atom. The Balaban J connectivity index is 1.64. The zero-order chi connectivity index (χ0) is 19.8. The molecule has 144 valence electrons. The lowest BCUT2D eigenvalue weighted by molar-refractivity contribution is -0.132. The molecule has 1 aliphatic rings. The van der Waals surface area contributed by atoms with Crippen molar-refractivity contribution in [1.82, 2.24) is 19.4 Å². The van der Waals surface area contributed by atoms with Gasteiger partial charge in [-0.25, -0.2) is 14.8 Å². The summed E-state index contributed by atoms with van der Waals surface area (Å²) in [5.74, 6) is 0.867. The van der Waals surface area contributed by atoms with Crippen molar-refractivity contribution in [3.8, 4) is 11.6 Å². The first-order valence-corrected chi connectivity index (χ1v) is 8.82. The van der Waals surface area contributed by atoms with Crippen LogP contribution in [0.3, 0.4) is 0 Å². The van der Waals surface area contributed by atoms with E-state index in [0.717, 1.165) is 21.2 Å². The highest BCUT2D eigenvalue weighted by molar-refractivity contribution is 5.89. The largest absolute Gasteiger partial charge is 0.464 e. The summed E-state index contributed by atoms with van der Waals surface area (Å²) in [5.41, 5.74) is 7.67. The molecule has 0 spiro atoms. The first-order chi connectivity index (χ1) is 13.5. The Bertz CT molecular complexity index is 1080. The van der Waals surface area contributed by atoms with Gasteiger partial charge in [-0.2, -0.15) is 0 Å². The van der Waals surface area contributed by atoms with Crippen LogP contribution in [0.15, 0.2) is 36.8 Å². The lowest BCUT2D eigenvalue weighted by Crippen LogP contribution is -2.45. The minimum atomic E-state index is -1.04. The molecule has 1 aliphatic heterocycles. The van der Waals surface area contributed by atoms with E-state index < -0.39 is 6.09 Å². The molecule has 0 aliphatic carbocycles. The molecule has 0 saturated heterocycles. The molecule has 28 heavy (non-hydrogen) atoms. The molecule has 3 aromatic rings. The third-order valence-corrected chi connectivity index (χ3v) is 4.92. The molecule has 1 amide bonds. The van der Waals surface area contributed by atoms with Gasteiger partial charge >= 0.3 is 6.09 Å². The third kappa shape index (κ3) is 3.05. The van der Waals surface area contributed by atoms with Gasteiger partial charge in [-0.05, 0) is 37.6 Å². The smallest absolute Gasteiger partial charge is 0.415 e. The van der Waals surface area contributed by atoms with Gasteiger partial charge in [-0.3, -0.25) is 9.36 Å². The van der Waals surface area contributed by atoms with E-state index in [9.17, 15) is 14.7 Å². The number of hydrogen-bond acceptors (Lipinski definition) is 6. The van der Waals surface area contributed by atoms with Crippen LogP contribution in [0, 0.1) is 0 Å². The van der Waals surface area contributed by atoms with Crippen molar-refractivity contribution in [2.45, 2.75) is 25.9 Å². The molecule has 2 aromatic heterocycles. The lowest BCUT2D eigenvalue weighted by atomic mass is 9.99. The normalized spacial score (nSPS) is 16.1. The summed E-state index contributed by atoms with van der Waals surface area (Å²) in [6.07, 6.45) is 2.43. The van der Waals surface area contributed by atoms with E-state index in [1.165, 1.54) is 12.5 Å². The molecule has 9 heteroatoms. The highest BCUT2D eigenvalue weighted by atomic mass is 16.5. The van der Waals surface area contributed by atoms with Gasteiger partial charge in [0.15, 0.2) is 0 Å². The molecule has 0 unspecified atom stereocenters. The predicted octanol–water partition coefficient (Wildman–Crippen LogP) is 1.98. The Hall–Kier alpha value is -3.46. The number of nitrogens with zero attached hydrogens (tertiary/aromatic N) is 4. The second-order valence-corrected chi connectivity index (χ2v) is 6.67. The fraction of sp³-hybridized carbons (Fsp3) is 0.263. The predicted molar refractivity (Wildman–Crippen MR) is 100 cm³/mol. The molecular weight excluding hydrogens is 362 g/mol. The summed E-state index contributed by atoms with van der Waals surface area (Å²) in [6.45, 7) is 2.28. The molecule has 9 nitrogen and oxygen atoms in total. The van der Waals surface area contributed by atoms with Crippen molar-refractivity contribution in [3.63, 3.8) is 0 Å². The highest BCUT2D eigenvalue weighted by Gasteiger charge is 2.29. The summed E-state index contributed by atoms with van der Waals surface area (Å²) in [7, 11) is 0. The zero-order valence-corrected chi connectivity index (χ0v) is 15.2. The van der Waals surface area contributed by atoms with Gasteiger partial charge in [0.1, 0.15) is 12.1 Å². The molecule has 0 fully saturated rings. The first kappa shape index (κ1) is 17.9. The quantitative estimate of drug-likeness (QED) is 0.711. The number of benzene rings is 1. The van der Waals surface area contributed by atoms with Crippen LogP contribution in [0.5, 0.6) is 11.6 Å². The Morgan fingerprint density at radius 1 is 1.32 bits per heavy atom. The van der Waals surface area contributed by atoms with Crippen molar-refractivity contribution in [3.05, 3.63) is 48.0 Å². The summed E-state index contributed by atoms with van der Waals surface area (Å²) in [4.78, 5) is 33.5. The summed E-state index contributed by atoms with van der Waals surface area (Å²) >= 11 is 0. The molecular formula is C19H19N5O4. The van der Waals surface area contributed by atoms with Gasteiger partial charge in [0, 0.05) is 23.2 Å². The molecule has 3 N–H and O–H groups in total. The van der Waals surface area contributed by atoms with Gasteiger partial charge in [0.2, 0.25) is 11.8 Å². The van der Waals surface area contributed by atoms with Crippen molar-refractivity contribution in [2.75, 3.05) is 6.54 Å². The SMILES string of the molecule is C[C@H]1Cc2c(ncnc2Oc2ccc3c(ccn3C(=O)O)c2)CN1C(=O)CN. The van der Waals surface area contributed by atoms with Gasteiger partial charge in [-0.15, -0.1) is 0 Å². The van der Waals surface area contributed by atoms with Crippen LogP contribution in [0.25, 0.3) is 10.9 Å². The van der Waals surface area contributed by atoms with Crippen molar-refractivity contribution in [1.29, 1.82) is 0 Å². The van der Waals surface area contributed by atoms with Crippen LogP contribution in [-0.4, -0.2) is 49.1 Å². The summed E-state index contributed by atoms with van der Waals surface area (Å²) in [6, 6.07) is 6.83. The number of rotatable bonds is 3. The number of nitrogens with two attached hydrogens (primary N) is 1. The van der Waals surface area contributed by atoms with E-state index in [2.05, 4.69) is 9.97 Å². The Labute approximate surface area is 160 Å². The van der Waals surface area contributed by atoms with Crippen LogP contribution >= 0.6 is 0 Å². The molecule has 0 bridgehead atoms. The van der Waals surface area contributed by atoms with E-state index >= 15 is 0 Å². The van der Waals surface area contributed by atoms with Crippen molar-refractivity contribution in [2.24, 2.45) is 5.73 Å². The van der Waals surface area contributed by atoms with Crippen molar-refractivity contribution >= 4 is 22.9 Å². The van der Waals surface area contributed by atoms with Crippen LogP contribution in [0.2, 0.25) is 0 Å². The number of hydrogen-bond donors (Lipinski definition) is 2. The standard InChI is InChI=1S/C19H19N5O4/c1-11-6-14-15(9-24(11)17(25)8-20)21-10-22-18(14)28-13-2-3-16-12(7-13)4-5-23(16)19(26)27/h2-5,7,10-11H,6,8-9,20H2,1H3,(H,26,27)/t11-/m0/s1. The molecule has 1 aromatic carbocycles. The van der Waals surface area contributed by atoms with Gasteiger partial charge in [0.05, 0.1) is 24.3 Å². The number of aromatic nitrogens is 3. The second-order valence-electron chi connectivity index (χ2n) is 6.67. The number of fused-ring (bicyclic) bond motifs is 2. The van der Waals surface area contributed by atoms with E-state index in [-0.39, 0.29) is 18.5 Å². The Kier molecular flexibility index (Phi) is 4.44. The number of carboxylic acid groups (broad SMARTS) is 1. The zero-order valence-electron chi connectivity index (χ0n) is 15.2. The number of carbonyl (C=O) groups excluding carboxylic acids is 1. The molecule has 0 saturated carbocycles. The number of carbonyl (C=O) groups is 2. The van der Waals surface area contributed by atoms with E-state index in [1.54, 1.807) is 29.2 Å². The minimum absolute atomic E-state index is 0.0376. The molecule has 3 heterocycles. The molecule has 1 atom stereocenters. The van der Waals surface area contributed by atoms with Crippen LogP contribution in [0.4, 0.5) is 4.79 Å². The van der Waals surface area contributed by atoms with Crippen LogP contribution in [-0.2, 0) is 17.8 Å². The average molecular weight is 381 g/mol. The second kappa shape index (κ2) is 6.93. The monoisotopic (exact) mass is 381 g/mol. The summed E-state index contributed by atoms with van der Waals surface area (Å²) < 4.78 is 7.14. The maximum absolute atomic E-state index is 12.0. The van der Waals surface area contributed by atoms with E-state index in [0.29, 0.717) is 30.1 Å². The van der Waals surface area contributed by atoms with Crippen molar-refractivity contribution < 1.29 is 19.4 Å². The topological polar surface area (TPSA) is 124 Å². The highest BCUT2D eigenvalue weighted by Crippen LogP contribution is 2.32. The summed E-state index contributed by atoms with van der Waals surface area (Å²) in [5, 5.41) is 9.94. The molecule has 4 rings (SSSR count). The average Bonchev–Trinajstić information content (AvgIpc) is 3.11. The van der Waals surface area contributed by atoms with Crippen LogP contribution in [0.1, 0.15) is 18.2 Å². The lowest BCUT2D eigenvalue weighted by Gasteiger charge is -2.34. The van der Waals surface area contributed by atoms with Gasteiger partial charge < -0.3 is 20.5 Å². The minimum Gasteiger partial charge on any atom is -0.464 e. The first-order valence-electron chi connectivity index (χ1n) is 8.82. The maximum atomic E-state index is 12.0. The fourth-order valence-corrected chi connectivity index (χ4v) is 3.50. The maximum Gasteiger partial charge on any atom is 0.415 e. The van der Waals surface area contributed by atoms with Gasteiger partial charge in [0.25, 0.3) is 0 Å². The number of amides is 1. The van der Waals surface area contributed by atoms with Crippen LogP contribution < -0.4 is 10.5 Å². The Morgan fingerprint density at radius 3 is 2.89 bits per heavy atom. The fourth-order valence-electron chi connectivity index (χ4n) is 3.50. The third-order valence-electron chi connectivity index (χ3n) is 4.92. The molecule has 0 radical (unpaired) electrons. The van der Waals surface area contributed by atoms with E-state index in [1.807, 2.05) is 6.92 Å². The number of ether oxygens (including phenoxy) is 1.